The third-order valence-electron chi connectivity index (χ3n) is 6.75. The van der Waals surface area contributed by atoms with Gasteiger partial charge >= 0.3 is 0 Å². The van der Waals surface area contributed by atoms with Gasteiger partial charge in [0, 0.05) is 25.2 Å². The minimum atomic E-state index is -0.0488. The van der Waals surface area contributed by atoms with E-state index in [1.54, 1.807) is 0 Å². The first-order valence-electron chi connectivity index (χ1n) is 10.9. The fourth-order valence-corrected chi connectivity index (χ4v) is 5.04. The molecule has 4 heterocycles. The van der Waals surface area contributed by atoms with Crippen LogP contribution in [0.1, 0.15) is 44.6 Å². The molecule has 1 aromatic rings. The Bertz CT molecular complexity index is 769. The van der Waals surface area contributed by atoms with Crippen molar-refractivity contribution in [2.75, 3.05) is 33.1 Å². The summed E-state index contributed by atoms with van der Waals surface area (Å²) in [6.45, 7) is 5.48. The Balaban J connectivity index is 0.00000218. The molecule has 0 amide bonds. The molecule has 3 fully saturated rings. The molecule has 3 saturated heterocycles. The summed E-state index contributed by atoms with van der Waals surface area (Å²) in [5, 5.41) is 7.06. The van der Waals surface area contributed by atoms with Crippen LogP contribution in [0.5, 0.6) is 11.5 Å². The highest BCUT2D eigenvalue weighted by molar-refractivity contribution is 14.0. The number of nitrogens with zero attached hydrogens (tertiary/aromatic N) is 1. The second-order valence-electron chi connectivity index (χ2n) is 8.52. The average molecular weight is 529 g/mol. The standard InChI is InChI=1S/C22H31N3O4.HI/c1-2-23-21(25-17-12-16-4-6-18(17)29-16)24-13-22(7-9-26-10-8-22)15-3-5-19-20(11-15)28-14-27-19;/h3,5,11,16-18H,2,4,6-10,12-14H2,1H3,(H2,23,24,25);1H. The molecule has 3 unspecified atom stereocenters. The van der Waals surface area contributed by atoms with Gasteiger partial charge in [0.2, 0.25) is 6.79 Å². The maximum atomic E-state index is 6.00. The topological polar surface area (TPSA) is 73.3 Å². The van der Waals surface area contributed by atoms with Gasteiger partial charge in [-0.3, -0.25) is 4.99 Å². The van der Waals surface area contributed by atoms with Crippen LogP contribution in [0.3, 0.4) is 0 Å². The number of aliphatic imine (C=N–C) groups is 1. The molecule has 8 heteroatoms. The molecule has 30 heavy (non-hydrogen) atoms. The summed E-state index contributed by atoms with van der Waals surface area (Å²) < 4.78 is 22.8. The number of benzene rings is 1. The molecule has 0 aliphatic carbocycles. The summed E-state index contributed by atoms with van der Waals surface area (Å²) in [6.07, 6.45) is 6.09. The van der Waals surface area contributed by atoms with Crippen molar-refractivity contribution >= 4 is 29.9 Å². The van der Waals surface area contributed by atoms with Crippen LogP contribution in [0.15, 0.2) is 23.2 Å². The third-order valence-corrected chi connectivity index (χ3v) is 6.75. The van der Waals surface area contributed by atoms with E-state index < -0.39 is 0 Å². The molecule has 7 nitrogen and oxygen atoms in total. The van der Waals surface area contributed by atoms with E-state index in [-0.39, 0.29) is 29.4 Å². The maximum absolute atomic E-state index is 6.00. The predicted octanol–water partition coefficient (Wildman–Crippen LogP) is 2.96. The van der Waals surface area contributed by atoms with E-state index in [0.717, 1.165) is 62.9 Å². The van der Waals surface area contributed by atoms with Crippen LogP contribution in [0.2, 0.25) is 0 Å². The van der Waals surface area contributed by atoms with E-state index in [9.17, 15) is 0 Å². The second-order valence-corrected chi connectivity index (χ2v) is 8.52. The number of fused-ring (bicyclic) bond motifs is 3. The van der Waals surface area contributed by atoms with Crippen LogP contribution in [-0.2, 0) is 14.9 Å². The summed E-state index contributed by atoms with van der Waals surface area (Å²) >= 11 is 0. The van der Waals surface area contributed by atoms with Crippen LogP contribution in [0, 0.1) is 0 Å². The van der Waals surface area contributed by atoms with Gasteiger partial charge in [-0.2, -0.15) is 0 Å². The molecular weight excluding hydrogens is 497 g/mol. The largest absolute Gasteiger partial charge is 0.454 e. The molecule has 0 saturated carbocycles. The van der Waals surface area contributed by atoms with Gasteiger partial charge in [-0.15, -0.1) is 24.0 Å². The molecule has 2 bridgehead atoms. The van der Waals surface area contributed by atoms with Crippen molar-refractivity contribution in [3.63, 3.8) is 0 Å². The first kappa shape index (κ1) is 22.0. The van der Waals surface area contributed by atoms with E-state index >= 15 is 0 Å². The predicted molar refractivity (Wildman–Crippen MR) is 125 cm³/mol. The molecule has 3 atom stereocenters. The van der Waals surface area contributed by atoms with Gasteiger partial charge in [0.15, 0.2) is 17.5 Å². The SMILES string of the molecule is CCNC(=NCC1(c2ccc3c(c2)OCO3)CCOCC1)NC1CC2CCC1O2.I. The number of guanidine groups is 1. The average Bonchev–Trinajstić information content (AvgIpc) is 3.49. The van der Waals surface area contributed by atoms with Crippen molar-refractivity contribution in [3.8, 4) is 11.5 Å². The van der Waals surface area contributed by atoms with Crippen LogP contribution < -0.4 is 20.1 Å². The summed E-state index contributed by atoms with van der Waals surface area (Å²) in [4.78, 5) is 5.04. The van der Waals surface area contributed by atoms with Crippen molar-refractivity contribution in [1.29, 1.82) is 0 Å². The fraction of sp³-hybridized carbons (Fsp3) is 0.682. The number of hydrogen-bond acceptors (Lipinski definition) is 5. The van der Waals surface area contributed by atoms with E-state index in [1.807, 2.05) is 6.07 Å². The van der Waals surface area contributed by atoms with Gasteiger partial charge in [0.25, 0.3) is 0 Å². The number of hydrogen-bond donors (Lipinski definition) is 2. The summed E-state index contributed by atoms with van der Waals surface area (Å²) in [6, 6.07) is 6.68. The van der Waals surface area contributed by atoms with Gasteiger partial charge in [0.05, 0.1) is 24.8 Å². The number of halogens is 1. The normalized spacial score (nSPS) is 28.8. The molecule has 4 aliphatic rings. The van der Waals surface area contributed by atoms with Gasteiger partial charge in [-0.25, -0.2) is 0 Å². The van der Waals surface area contributed by atoms with Crippen molar-refractivity contribution in [2.24, 2.45) is 4.99 Å². The Morgan fingerprint density at radius 1 is 1.17 bits per heavy atom. The lowest BCUT2D eigenvalue weighted by molar-refractivity contribution is 0.0530. The lowest BCUT2D eigenvalue weighted by atomic mass is 9.74. The van der Waals surface area contributed by atoms with Crippen molar-refractivity contribution < 1.29 is 18.9 Å². The lowest BCUT2D eigenvalue weighted by Gasteiger charge is -2.37. The van der Waals surface area contributed by atoms with E-state index in [1.165, 1.54) is 12.0 Å². The van der Waals surface area contributed by atoms with E-state index in [0.29, 0.717) is 31.6 Å². The number of nitrogens with one attached hydrogen (secondary N) is 2. The van der Waals surface area contributed by atoms with Gasteiger partial charge in [-0.05, 0) is 56.7 Å². The molecular formula is C22H32IN3O4. The Morgan fingerprint density at radius 3 is 2.73 bits per heavy atom. The van der Waals surface area contributed by atoms with Crippen molar-refractivity contribution in [2.45, 2.75) is 62.7 Å². The molecule has 166 valence electrons. The minimum Gasteiger partial charge on any atom is -0.454 e. The zero-order valence-corrected chi connectivity index (χ0v) is 19.9. The Hall–Kier alpha value is -1.26. The molecule has 5 rings (SSSR count). The first-order chi connectivity index (χ1) is 14.3. The van der Waals surface area contributed by atoms with Crippen molar-refractivity contribution in [3.05, 3.63) is 23.8 Å². The molecule has 0 aromatic heterocycles. The van der Waals surface area contributed by atoms with Crippen LogP contribution in [0.4, 0.5) is 0 Å². The number of ether oxygens (including phenoxy) is 4. The van der Waals surface area contributed by atoms with Crippen molar-refractivity contribution in [1.82, 2.24) is 10.6 Å². The molecule has 2 N–H and O–H groups in total. The lowest BCUT2D eigenvalue weighted by Crippen LogP contribution is -2.48. The quantitative estimate of drug-likeness (QED) is 0.347. The highest BCUT2D eigenvalue weighted by Gasteiger charge is 2.41. The Morgan fingerprint density at radius 2 is 2.00 bits per heavy atom. The highest BCUT2D eigenvalue weighted by Crippen LogP contribution is 2.41. The molecule has 0 radical (unpaired) electrons. The van der Waals surface area contributed by atoms with Gasteiger partial charge < -0.3 is 29.6 Å². The molecule has 1 aromatic carbocycles. The van der Waals surface area contributed by atoms with Crippen LogP contribution >= 0.6 is 24.0 Å². The summed E-state index contributed by atoms with van der Waals surface area (Å²) in [7, 11) is 0. The molecule has 4 aliphatic heterocycles. The fourth-order valence-electron chi connectivity index (χ4n) is 5.04. The van der Waals surface area contributed by atoms with Crippen LogP contribution in [0.25, 0.3) is 0 Å². The summed E-state index contributed by atoms with van der Waals surface area (Å²) in [5.74, 6) is 2.55. The maximum Gasteiger partial charge on any atom is 0.231 e. The highest BCUT2D eigenvalue weighted by atomic mass is 127. The van der Waals surface area contributed by atoms with E-state index in [2.05, 4.69) is 29.7 Å². The smallest absolute Gasteiger partial charge is 0.231 e. The zero-order chi connectivity index (χ0) is 19.7. The monoisotopic (exact) mass is 529 g/mol. The second kappa shape index (κ2) is 9.48. The first-order valence-corrected chi connectivity index (χ1v) is 10.9. The third kappa shape index (κ3) is 4.36. The Kier molecular flexibility index (Phi) is 6.94. The number of rotatable bonds is 5. The Labute approximate surface area is 195 Å². The van der Waals surface area contributed by atoms with E-state index in [4.69, 9.17) is 23.9 Å². The van der Waals surface area contributed by atoms with Gasteiger partial charge in [0.1, 0.15) is 0 Å². The zero-order valence-electron chi connectivity index (χ0n) is 17.5. The van der Waals surface area contributed by atoms with Crippen LogP contribution in [-0.4, -0.2) is 57.3 Å². The summed E-state index contributed by atoms with van der Waals surface area (Å²) in [5.41, 5.74) is 1.21. The minimum absolute atomic E-state index is 0. The van der Waals surface area contributed by atoms with Gasteiger partial charge in [-0.1, -0.05) is 6.07 Å². The molecule has 0 spiro atoms.